The van der Waals surface area contributed by atoms with Crippen LogP contribution in [-0.2, 0) is 12.3 Å². The topological polar surface area (TPSA) is 39.6 Å². The minimum atomic E-state index is -2.96. The highest BCUT2D eigenvalue weighted by Crippen LogP contribution is 2.37. The summed E-state index contributed by atoms with van der Waals surface area (Å²) < 4.78 is 40.9. The van der Waals surface area contributed by atoms with Crippen molar-refractivity contribution in [1.29, 1.82) is 0 Å². The average molecular weight is 546 g/mol. The van der Waals surface area contributed by atoms with Crippen LogP contribution < -0.4 is 4.90 Å². The highest BCUT2D eigenvalue weighted by Gasteiger charge is 2.31. The minimum Gasteiger partial charge on any atom is -0.393 e. The maximum absolute atomic E-state index is 13.7. The van der Waals surface area contributed by atoms with E-state index >= 15 is 0 Å². The van der Waals surface area contributed by atoms with Crippen LogP contribution in [0.5, 0.6) is 0 Å². The van der Waals surface area contributed by atoms with Crippen LogP contribution in [0.4, 0.5) is 18.9 Å². The number of aliphatic hydroxyl groups excluding tert-OH is 1. The molecule has 1 aliphatic rings. The van der Waals surface area contributed by atoms with Crippen LogP contribution >= 0.6 is 11.6 Å². The summed E-state index contributed by atoms with van der Waals surface area (Å²) in [5.74, 6) is -3.15. The minimum absolute atomic E-state index is 0.0448. The van der Waals surface area contributed by atoms with Gasteiger partial charge in [-0.1, -0.05) is 42.8 Å². The van der Waals surface area contributed by atoms with E-state index in [1.807, 2.05) is 24.3 Å². The van der Waals surface area contributed by atoms with Gasteiger partial charge in [-0.25, -0.2) is 4.39 Å². The lowest BCUT2D eigenvalue weighted by Gasteiger charge is -2.44. The number of hydrogen-bond acceptors (Lipinski definition) is 4. The van der Waals surface area contributed by atoms with Crippen LogP contribution in [0, 0.1) is 5.82 Å². The predicted molar refractivity (Wildman–Crippen MR) is 147 cm³/mol. The normalized spacial score (nSPS) is 18.4. The first-order chi connectivity index (χ1) is 18.0. The molecule has 0 aliphatic carbocycles. The molecule has 4 rings (SSSR count). The molecule has 0 saturated carbocycles. The molecular formula is C30H35ClF3N3O. The van der Waals surface area contributed by atoms with Gasteiger partial charge in [0.2, 0.25) is 0 Å². The summed E-state index contributed by atoms with van der Waals surface area (Å²) in [5.41, 5.74) is 3.68. The van der Waals surface area contributed by atoms with E-state index in [0.29, 0.717) is 18.0 Å². The fourth-order valence-corrected chi connectivity index (χ4v) is 5.34. The van der Waals surface area contributed by atoms with Gasteiger partial charge in [0.15, 0.2) is 0 Å². The number of pyridine rings is 1. The van der Waals surface area contributed by atoms with Crippen molar-refractivity contribution in [3.05, 3.63) is 94.0 Å². The van der Waals surface area contributed by atoms with Gasteiger partial charge in [0, 0.05) is 39.3 Å². The lowest BCUT2D eigenvalue weighted by atomic mass is 9.97. The van der Waals surface area contributed by atoms with E-state index in [1.54, 1.807) is 19.2 Å². The summed E-state index contributed by atoms with van der Waals surface area (Å²) in [6, 6.07) is 15.7. The van der Waals surface area contributed by atoms with Gasteiger partial charge >= 0.3 is 0 Å². The molecule has 0 amide bonds. The lowest BCUT2D eigenvalue weighted by Crippen LogP contribution is -2.49. The summed E-state index contributed by atoms with van der Waals surface area (Å²) in [6.45, 7) is 7.65. The van der Waals surface area contributed by atoms with Crippen molar-refractivity contribution in [1.82, 2.24) is 9.88 Å². The van der Waals surface area contributed by atoms with Crippen LogP contribution in [0.25, 0.3) is 0 Å². The monoisotopic (exact) mass is 545 g/mol. The molecule has 1 N–H and O–H groups in total. The van der Waals surface area contributed by atoms with Gasteiger partial charge in [0.25, 0.3) is 5.92 Å². The Balaban J connectivity index is 1.52. The number of aryl methyl sites for hydroxylation is 1. The Labute approximate surface area is 228 Å². The molecule has 0 spiro atoms. The molecule has 204 valence electrons. The largest absolute Gasteiger partial charge is 0.393 e. The van der Waals surface area contributed by atoms with Crippen molar-refractivity contribution in [3.8, 4) is 0 Å². The first-order valence-electron chi connectivity index (χ1n) is 13.1. The third kappa shape index (κ3) is 7.07. The number of anilines is 1. The molecular weight excluding hydrogens is 511 g/mol. The van der Waals surface area contributed by atoms with Crippen LogP contribution in [-0.4, -0.2) is 47.3 Å². The molecule has 1 aliphatic heterocycles. The molecule has 1 saturated heterocycles. The Hall–Kier alpha value is -2.61. The molecule has 0 bridgehead atoms. The van der Waals surface area contributed by atoms with E-state index in [1.165, 1.54) is 18.2 Å². The van der Waals surface area contributed by atoms with E-state index < -0.39 is 5.92 Å². The molecule has 4 nitrogen and oxygen atoms in total. The summed E-state index contributed by atoms with van der Waals surface area (Å²) in [5, 5.41) is 10.3. The van der Waals surface area contributed by atoms with Crippen LogP contribution in [0.2, 0.25) is 5.02 Å². The number of aromatic nitrogens is 1. The van der Waals surface area contributed by atoms with Crippen molar-refractivity contribution in [3.63, 3.8) is 0 Å². The van der Waals surface area contributed by atoms with Crippen LogP contribution in [0.15, 0.2) is 60.8 Å². The Morgan fingerprint density at radius 1 is 1.08 bits per heavy atom. The summed E-state index contributed by atoms with van der Waals surface area (Å²) >= 11 is 6.76. The van der Waals surface area contributed by atoms with Gasteiger partial charge in [0.1, 0.15) is 11.5 Å². The van der Waals surface area contributed by atoms with E-state index in [-0.39, 0.29) is 29.6 Å². The molecule has 8 heteroatoms. The van der Waals surface area contributed by atoms with Crippen LogP contribution in [0.3, 0.4) is 0 Å². The molecule has 1 fully saturated rings. The summed E-state index contributed by atoms with van der Waals surface area (Å²) in [4.78, 5) is 8.61. The zero-order valence-electron chi connectivity index (χ0n) is 22.0. The number of rotatable bonds is 9. The molecule has 1 unspecified atom stereocenters. The molecule has 2 heterocycles. The Morgan fingerprint density at radius 3 is 2.42 bits per heavy atom. The van der Waals surface area contributed by atoms with Crippen LogP contribution in [0.1, 0.15) is 61.5 Å². The molecule has 2 aromatic carbocycles. The predicted octanol–water partition coefficient (Wildman–Crippen LogP) is 6.97. The Bertz CT molecular complexity index is 1200. The maximum atomic E-state index is 13.7. The zero-order chi connectivity index (χ0) is 27.4. The zero-order valence-corrected chi connectivity index (χ0v) is 22.8. The number of aliphatic hydroxyl groups is 1. The molecule has 38 heavy (non-hydrogen) atoms. The Kier molecular flexibility index (Phi) is 9.01. The van der Waals surface area contributed by atoms with E-state index in [2.05, 4.69) is 27.8 Å². The van der Waals surface area contributed by atoms with Crippen molar-refractivity contribution in [2.75, 3.05) is 31.1 Å². The first kappa shape index (κ1) is 28.4. The second-order valence-corrected chi connectivity index (χ2v) is 10.9. The smallest absolute Gasteiger partial charge is 0.286 e. The van der Waals surface area contributed by atoms with Gasteiger partial charge in [-0.3, -0.25) is 9.88 Å². The Morgan fingerprint density at radius 2 is 1.82 bits per heavy atom. The number of benzene rings is 2. The van der Waals surface area contributed by atoms with Crippen molar-refractivity contribution in [2.24, 2.45) is 0 Å². The number of hydrogen-bond donors (Lipinski definition) is 1. The summed E-state index contributed by atoms with van der Waals surface area (Å²) in [7, 11) is 0. The second-order valence-electron chi connectivity index (χ2n) is 10.5. The highest BCUT2D eigenvalue weighted by atomic mass is 35.5. The summed E-state index contributed by atoms with van der Waals surface area (Å²) in [6.07, 6.45) is 2.60. The van der Waals surface area contributed by atoms with Gasteiger partial charge < -0.3 is 10.0 Å². The van der Waals surface area contributed by atoms with Crippen molar-refractivity contribution >= 4 is 17.3 Å². The first-order valence-corrected chi connectivity index (χ1v) is 13.4. The highest BCUT2D eigenvalue weighted by molar-refractivity contribution is 6.33. The number of nitrogens with zero attached hydrogens (tertiary/aromatic N) is 3. The molecule has 1 aromatic heterocycles. The third-order valence-electron chi connectivity index (χ3n) is 7.23. The van der Waals surface area contributed by atoms with E-state index in [9.17, 15) is 18.3 Å². The van der Waals surface area contributed by atoms with E-state index in [4.69, 9.17) is 11.6 Å². The third-order valence-corrected chi connectivity index (χ3v) is 7.53. The van der Waals surface area contributed by atoms with E-state index in [0.717, 1.165) is 55.4 Å². The van der Waals surface area contributed by atoms with Gasteiger partial charge in [-0.2, -0.15) is 8.78 Å². The lowest BCUT2D eigenvalue weighted by molar-refractivity contribution is 0.0127. The standard InChI is InChI=1S/C30H35ClF3N3O/c1-20(24-9-13-29(35-17-24)30(3,33)34)18-36-14-15-37(28(19-36)23-7-10-25(32)11-8-23)27-12-6-22(16-26(27)31)5-4-21(2)38/h6-13,16-17,20-21,28,38H,4-5,14-15,18-19H2,1-3H3/t20-,21?,28-/m0/s1. The van der Waals surface area contributed by atoms with Gasteiger partial charge in [-0.05, 0) is 72.7 Å². The number of halogens is 4. The molecule has 0 radical (unpaired) electrons. The SMILES string of the molecule is CC(O)CCc1ccc(N2CCN(C[C@H](C)c3ccc(C(C)(F)F)nc3)C[C@H]2c2ccc(F)cc2)c(Cl)c1. The average Bonchev–Trinajstić information content (AvgIpc) is 2.88. The van der Waals surface area contributed by atoms with Gasteiger partial charge in [0.05, 0.1) is 22.9 Å². The fraction of sp³-hybridized carbons (Fsp3) is 0.433. The number of piperazine rings is 1. The molecule has 3 atom stereocenters. The van der Waals surface area contributed by atoms with Crippen molar-refractivity contribution in [2.45, 2.75) is 57.6 Å². The fourth-order valence-electron chi connectivity index (χ4n) is 5.03. The molecule has 3 aromatic rings. The van der Waals surface area contributed by atoms with Gasteiger partial charge in [-0.15, -0.1) is 0 Å². The number of alkyl halides is 2. The quantitative estimate of drug-likeness (QED) is 0.315. The van der Waals surface area contributed by atoms with Crippen molar-refractivity contribution < 1.29 is 18.3 Å². The maximum Gasteiger partial charge on any atom is 0.286 e. The second kappa shape index (κ2) is 12.1.